The van der Waals surface area contributed by atoms with Crippen LogP contribution in [0.5, 0.6) is 0 Å². The van der Waals surface area contributed by atoms with E-state index in [-0.39, 0.29) is 17.8 Å². The molecule has 0 saturated heterocycles. The fourth-order valence-electron chi connectivity index (χ4n) is 2.07. The largest absolute Gasteiger partial charge is 0.481 e. The van der Waals surface area contributed by atoms with Gasteiger partial charge in [0.1, 0.15) is 0 Å². The molecule has 0 unspecified atom stereocenters. The third-order valence-corrected chi connectivity index (χ3v) is 3.35. The molecule has 0 aromatic carbocycles. The van der Waals surface area contributed by atoms with E-state index in [1.165, 1.54) is 0 Å². The van der Waals surface area contributed by atoms with E-state index in [0.717, 1.165) is 18.4 Å². The van der Waals surface area contributed by atoms with Crippen molar-refractivity contribution < 1.29 is 9.90 Å². The summed E-state index contributed by atoms with van der Waals surface area (Å²) in [5.74, 6) is -0.610. The van der Waals surface area contributed by atoms with Gasteiger partial charge in [-0.3, -0.25) is 9.78 Å². The molecule has 0 bridgehead atoms. The van der Waals surface area contributed by atoms with Crippen LogP contribution in [0.2, 0.25) is 0 Å². The van der Waals surface area contributed by atoms with Gasteiger partial charge in [-0.1, -0.05) is 13.0 Å². The van der Waals surface area contributed by atoms with E-state index in [9.17, 15) is 4.79 Å². The molecular formula is C12H15NO2. The first-order valence-electron chi connectivity index (χ1n) is 5.23. The monoisotopic (exact) mass is 205 g/mol. The Morgan fingerprint density at radius 2 is 2.40 bits per heavy atom. The molecule has 1 atom stereocenters. The van der Waals surface area contributed by atoms with Crippen LogP contribution in [-0.2, 0) is 4.79 Å². The number of aliphatic carboxylic acids is 1. The van der Waals surface area contributed by atoms with Crippen LogP contribution >= 0.6 is 0 Å². The molecule has 0 aliphatic heterocycles. The highest BCUT2D eigenvalue weighted by atomic mass is 16.4. The average Bonchev–Trinajstić information content (AvgIpc) is 2.95. The second kappa shape index (κ2) is 3.65. The minimum Gasteiger partial charge on any atom is -0.481 e. The SMILES string of the molecule is CC1([C@H](CC(=O)O)c2cccnc2)CC1. The summed E-state index contributed by atoms with van der Waals surface area (Å²) >= 11 is 0. The van der Waals surface area contributed by atoms with Crippen molar-refractivity contribution in [2.24, 2.45) is 5.41 Å². The zero-order valence-corrected chi connectivity index (χ0v) is 8.81. The van der Waals surface area contributed by atoms with E-state index in [1.807, 2.05) is 12.1 Å². The van der Waals surface area contributed by atoms with Crippen LogP contribution in [-0.4, -0.2) is 16.1 Å². The van der Waals surface area contributed by atoms with E-state index in [2.05, 4.69) is 11.9 Å². The molecule has 1 heterocycles. The van der Waals surface area contributed by atoms with Gasteiger partial charge in [-0.05, 0) is 29.9 Å². The highest BCUT2D eigenvalue weighted by molar-refractivity contribution is 5.68. The topological polar surface area (TPSA) is 50.2 Å². The third-order valence-electron chi connectivity index (χ3n) is 3.35. The van der Waals surface area contributed by atoms with Crippen molar-refractivity contribution in [3.63, 3.8) is 0 Å². The number of rotatable bonds is 4. The maximum atomic E-state index is 10.8. The first kappa shape index (κ1) is 10.1. The molecule has 3 heteroatoms. The lowest BCUT2D eigenvalue weighted by molar-refractivity contribution is -0.137. The van der Waals surface area contributed by atoms with Gasteiger partial charge in [0.2, 0.25) is 0 Å². The predicted octanol–water partition coefficient (Wildman–Crippen LogP) is 2.44. The second-order valence-corrected chi connectivity index (χ2v) is 4.59. The Morgan fingerprint density at radius 1 is 1.67 bits per heavy atom. The fourth-order valence-corrected chi connectivity index (χ4v) is 2.07. The molecule has 1 aliphatic carbocycles. The van der Waals surface area contributed by atoms with Crippen molar-refractivity contribution in [3.8, 4) is 0 Å². The van der Waals surface area contributed by atoms with E-state index >= 15 is 0 Å². The van der Waals surface area contributed by atoms with Crippen molar-refractivity contribution in [3.05, 3.63) is 30.1 Å². The van der Waals surface area contributed by atoms with E-state index in [1.54, 1.807) is 12.4 Å². The highest BCUT2D eigenvalue weighted by Crippen LogP contribution is 2.56. The minimum atomic E-state index is -0.725. The molecule has 3 nitrogen and oxygen atoms in total. The molecule has 0 spiro atoms. The van der Waals surface area contributed by atoms with Crippen molar-refractivity contribution >= 4 is 5.97 Å². The summed E-state index contributed by atoms with van der Waals surface area (Å²) in [4.78, 5) is 14.9. The number of pyridine rings is 1. The van der Waals surface area contributed by atoms with Gasteiger partial charge in [-0.25, -0.2) is 0 Å². The molecule has 1 fully saturated rings. The fraction of sp³-hybridized carbons (Fsp3) is 0.500. The number of hydrogen-bond donors (Lipinski definition) is 1. The maximum absolute atomic E-state index is 10.8. The highest BCUT2D eigenvalue weighted by Gasteiger charge is 2.46. The molecule has 0 radical (unpaired) electrons. The standard InChI is InChI=1S/C12H15NO2/c1-12(4-5-12)10(7-11(14)15)9-3-2-6-13-8-9/h2-3,6,8,10H,4-5,7H2,1H3,(H,14,15)/t10-/m1/s1. The van der Waals surface area contributed by atoms with E-state index in [0.29, 0.717) is 0 Å². The summed E-state index contributed by atoms with van der Waals surface area (Å²) in [6.45, 7) is 2.16. The molecule has 1 N–H and O–H groups in total. The Hall–Kier alpha value is -1.38. The van der Waals surface area contributed by atoms with Gasteiger partial charge < -0.3 is 5.11 Å². The van der Waals surface area contributed by atoms with Gasteiger partial charge in [0.05, 0.1) is 6.42 Å². The Bertz CT molecular complexity index is 357. The van der Waals surface area contributed by atoms with Crippen molar-refractivity contribution in [1.82, 2.24) is 4.98 Å². The van der Waals surface area contributed by atoms with E-state index < -0.39 is 5.97 Å². The van der Waals surface area contributed by atoms with Gasteiger partial charge in [0.25, 0.3) is 0 Å². The van der Waals surface area contributed by atoms with Crippen molar-refractivity contribution in [2.45, 2.75) is 32.1 Å². The van der Waals surface area contributed by atoms with Gasteiger partial charge in [0.15, 0.2) is 0 Å². The van der Waals surface area contributed by atoms with Gasteiger partial charge >= 0.3 is 5.97 Å². The van der Waals surface area contributed by atoms with Gasteiger partial charge in [-0.15, -0.1) is 0 Å². The zero-order valence-electron chi connectivity index (χ0n) is 8.81. The molecular weight excluding hydrogens is 190 g/mol. The lowest BCUT2D eigenvalue weighted by Crippen LogP contribution is -2.15. The molecule has 1 saturated carbocycles. The van der Waals surface area contributed by atoms with Crippen LogP contribution in [0.4, 0.5) is 0 Å². The van der Waals surface area contributed by atoms with Crippen molar-refractivity contribution in [1.29, 1.82) is 0 Å². The number of carboxylic acid groups (broad SMARTS) is 1. The molecule has 15 heavy (non-hydrogen) atoms. The summed E-state index contributed by atoms with van der Waals surface area (Å²) in [6.07, 6.45) is 5.97. The second-order valence-electron chi connectivity index (χ2n) is 4.59. The maximum Gasteiger partial charge on any atom is 0.303 e. The van der Waals surface area contributed by atoms with Crippen LogP contribution in [0, 0.1) is 5.41 Å². The van der Waals surface area contributed by atoms with Crippen LogP contribution in [0.3, 0.4) is 0 Å². The van der Waals surface area contributed by atoms with Gasteiger partial charge in [0, 0.05) is 18.3 Å². The summed E-state index contributed by atoms with van der Waals surface area (Å²) < 4.78 is 0. The average molecular weight is 205 g/mol. The van der Waals surface area contributed by atoms with Crippen LogP contribution in [0.25, 0.3) is 0 Å². The number of nitrogens with zero attached hydrogens (tertiary/aromatic N) is 1. The Kier molecular flexibility index (Phi) is 2.47. The smallest absolute Gasteiger partial charge is 0.303 e. The van der Waals surface area contributed by atoms with Crippen LogP contribution in [0.1, 0.15) is 37.7 Å². The predicted molar refractivity (Wildman–Crippen MR) is 56.6 cm³/mol. The summed E-state index contributed by atoms with van der Waals surface area (Å²) in [5.41, 5.74) is 1.24. The number of aromatic nitrogens is 1. The molecule has 0 amide bonds. The molecule has 80 valence electrons. The molecule has 1 aromatic heterocycles. The number of carbonyl (C=O) groups is 1. The van der Waals surface area contributed by atoms with Crippen LogP contribution in [0.15, 0.2) is 24.5 Å². The summed E-state index contributed by atoms with van der Waals surface area (Å²) in [7, 11) is 0. The lowest BCUT2D eigenvalue weighted by Gasteiger charge is -2.21. The zero-order chi connectivity index (χ0) is 10.9. The van der Waals surface area contributed by atoms with Crippen LogP contribution < -0.4 is 0 Å². The van der Waals surface area contributed by atoms with Gasteiger partial charge in [-0.2, -0.15) is 0 Å². The Labute approximate surface area is 89.2 Å². The quantitative estimate of drug-likeness (QED) is 0.821. The minimum absolute atomic E-state index is 0.115. The number of carboxylic acids is 1. The first-order chi connectivity index (χ1) is 7.12. The molecule has 1 aromatic rings. The third kappa shape index (κ3) is 2.17. The normalized spacial score (nSPS) is 19.5. The Morgan fingerprint density at radius 3 is 2.87 bits per heavy atom. The summed E-state index contributed by atoms with van der Waals surface area (Å²) in [5, 5.41) is 8.92. The molecule has 2 rings (SSSR count). The lowest BCUT2D eigenvalue weighted by atomic mass is 9.83. The summed E-state index contributed by atoms with van der Waals surface area (Å²) in [6, 6.07) is 3.85. The first-order valence-corrected chi connectivity index (χ1v) is 5.23. The number of hydrogen-bond acceptors (Lipinski definition) is 2. The Balaban J connectivity index is 2.23. The molecule has 1 aliphatic rings. The van der Waals surface area contributed by atoms with E-state index in [4.69, 9.17) is 5.11 Å². The van der Waals surface area contributed by atoms with Crippen molar-refractivity contribution in [2.75, 3.05) is 0 Å².